The van der Waals surface area contributed by atoms with Crippen LogP contribution in [0.1, 0.15) is 40.5 Å². The maximum Gasteiger partial charge on any atom is 0.496 e. The molecule has 0 spiro atoms. The number of hydrogen-bond acceptors (Lipinski definition) is 4. The first-order chi connectivity index (χ1) is 8.87. The summed E-state index contributed by atoms with van der Waals surface area (Å²) in [6, 6.07) is 1.97. The lowest BCUT2D eigenvalue weighted by molar-refractivity contribution is 0.00578. The van der Waals surface area contributed by atoms with E-state index in [1.165, 1.54) is 0 Å². The van der Waals surface area contributed by atoms with Gasteiger partial charge in [0.2, 0.25) is 0 Å². The topological polar surface area (TPSA) is 40.6 Å². The fourth-order valence-electron chi connectivity index (χ4n) is 1.99. The minimum atomic E-state index is -0.375. The van der Waals surface area contributed by atoms with E-state index >= 15 is 0 Å². The lowest BCUT2D eigenvalue weighted by atomic mass is 9.80. The van der Waals surface area contributed by atoms with Gasteiger partial charge < -0.3 is 14.0 Å². The summed E-state index contributed by atoms with van der Waals surface area (Å²) in [5, 5.41) is 0. The Morgan fingerprint density at radius 2 is 1.79 bits per heavy atom. The molecule has 0 N–H and O–H groups in total. The molecule has 0 atom stereocenters. The van der Waals surface area contributed by atoms with Crippen LogP contribution in [0.5, 0.6) is 5.75 Å². The average Bonchev–Trinajstić information content (AvgIpc) is 3.07. The molecular weight excluding hydrogens is 241 g/mol. The molecule has 3 rings (SSSR count). The molecule has 1 saturated heterocycles. The molecule has 1 saturated carbocycles. The average molecular weight is 261 g/mol. The van der Waals surface area contributed by atoms with E-state index in [1.54, 1.807) is 12.4 Å². The Morgan fingerprint density at radius 1 is 1.16 bits per heavy atom. The number of nitrogens with zero attached hydrogens (tertiary/aromatic N) is 1. The third-order valence-corrected chi connectivity index (χ3v) is 4.09. The molecule has 1 aromatic heterocycles. The molecule has 0 amide bonds. The van der Waals surface area contributed by atoms with Gasteiger partial charge in [0.25, 0.3) is 0 Å². The smallest absolute Gasteiger partial charge is 0.489 e. The monoisotopic (exact) mass is 261 g/mol. The molecule has 1 aromatic rings. The minimum absolute atomic E-state index is 0.328. The van der Waals surface area contributed by atoms with Gasteiger partial charge in [-0.3, -0.25) is 4.98 Å². The van der Waals surface area contributed by atoms with Crippen LogP contribution in [-0.4, -0.2) is 29.4 Å². The van der Waals surface area contributed by atoms with Crippen LogP contribution in [0.4, 0.5) is 0 Å². The summed E-state index contributed by atoms with van der Waals surface area (Å²) in [7, 11) is -0.375. The van der Waals surface area contributed by atoms with Gasteiger partial charge in [0.1, 0.15) is 5.75 Å². The fraction of sp³-hybridized carbons (Fsp3) is 0.643. The second-order valence-electron chi connectivity index (χ2n) is 6.36. The predicted molar refractivity (Wildman–Crippen MR) is 73.6 cm³/mol. The normalized spacial score (nSPS) is 24.5. The third-order valence-electron chi connectivity index (χ3n) is 4.09. The number of hydrogen-bond donors (Lipinski definition) is 0. The first-order valence-corrected chi connectivity index (χ1v) is 6.85. The Bertz CT molecular complexity index is 469. The van der Waals surface area contributed by atoms with Crippen molar-refractivity contribution in [3.8, 4) is 5.75 Å². The highest BCUT2D eigenvalue weighted by molar-refractivity contribution is 6.62. The molecule has 0 aromatic carbocycles. The maximum absolute atomic E-state index is 6.01. The summed E-state index contributed by atoms with van der Waals surface area (Å²) < 4.78 is 17.8. The molecule has 2 aliphatic rings. The number of aromatic nitrogens is 1. The summed E-state index contributed by atoms with van der Waals surface area (Å²) in [5.41, 5.74) is 0.257. The standard InChI is InChI=1S/C14H20BNO3/c1-13(2)14(3,4)19-15(18-13)10-7-12(9-16-8-10)17-11-5-6-11/h7-9,11H,5-6H2,1-4H3. The second kappa shape index (κ2) is 4.22. The van der Waals surface area contributed by atoms with Gasteiger partial charge in [-0.05, 0) is 46.6 Å². The number of rotatable bonds is 3. The van der Waals surface area contributed by atoms with Gasteiger partial charge in [-0.15, -0.1) is 0 Å². The Morgan fingerprint density at radius 3 is 2.37 bits per heavy atom. The third kappa shape index (κ3) is 2.49. The van der Waals surface area contributed by atoms with E-state index in [-0.39, 0.29) is 18.3 Å². The van der Waals surface area contributed by atoms with Crippen molar-refractivity contribution in [2.75, 3.05) is 0 Å². The van der Waals surface area contributed by atoms with Gasteiger partial charge in [0.05, 0.1) is 23.5 Å². The van der Waals surface area contributed by atoms with Gasteiger partial charge in [0.15, 0.2) is 0 Å². The Labute approximate surface area is 114 Å². The van der Waals surface area contributed by atoms with Crippen molar-refractivity contribution in [3.05, 3.63) is 18.5 Å². The van der Waals surface area contributed by atoms with Crippen LogP contribution in [0.2, 0.25) is 0 Å². The molecule has 19 heavy (non-hydrogen) atoms. The molecule has 2 fully saturated rings. The highest BCUT2D eigenvalue weighted by atomic mass is 16.7. The SMILES string of the molecule is CC1(C)OB(c2cncc(OC3CC3)c2)OC1(C)C. The van der Waals surface area contributed by atoms with Crippen LogP contribution in [0.25, 0.3) is 0 Å². The van der Waals surface area contributed by atoms with Gasteiger partial charge in [-0.25, -0.2) is 0 Å². The zero-order valence-corrected chi connectivity index (χ0v) is 12.0. The van der Waals surface area contributed by atoms with Gasteiger partial charge >= 0.3 is 7.12 Å². The van der Waals surface area contributed by atoms with Crippen molar-refractivity contribution in [2.45, 2.75) is 57.8 Å². The molecule has 0 unspecified atom stereocenters. The summed E-state index contributed by atoms with van der Waals surface area (Å²) >= 11 is 0. The van der Waals surface area contributed by atoms with Gasteiger partial charge in [0, 0.05) is 11.7 Å². The number of pyridine rings is 1. The predicted octanol–water partition coefficient (Wildman–Crippen LogP) is 1.92. The van der Waals surface area contributed by atoms with E-state index in [0.717, 1.165) is 24.1 Å². The van der Waals surface area contributed by atoms with E-state index in [9.17, 15) is 0 Å². The van der Waals surface area contributed by atoms with Crippen LogP contribution in [-0.2, 0) is 9.31 Å². The molecule has 1 aliphatic heterocycles. The van der Waals surface area contributed by atoms with Gasteiger partial charge in [-0.2, -0.15) is 0 Å². The van der Waals surface area contributed by atoms with Crippen molar-refractivity contribution < 1.29 is 14.0 Å². The zero-order chi connectivity index (χ0) is 13.7. The lowest BCUT2D eigenvalue weighted by Gasteiger charge is -2.32. The van der Waals surface area contributed by atoms with Crippen LogP contribution in [0, 0.1) is 0 Å². The van der Waals surface area contributed by atoms with Crippen molar-refractivity contribution in [2.24, 2.45) is 0 Å². The molecule has 0 radical (unpaired) electrons. The largest absolute Gasteiger partial charge is 0.496 e. The van der Waals surface area contributed by atoms with E-state index in [4.69, 9.17) is 14.0 Å². The first kappa shape index (κ1) is 12.9. The first-order valence-electron chi connectivity index (χ1n) is 6.85. The van der Waals surface area contributed by atoms with Crippen molar-refractivity contribution in [1.29, 1.82) is 0 Å². The summed E-state index contributed by atoms with van der Waals surface area (Å²) in [5.74, 6) is 0.801. The zero-order valence-electron chi connectivity index (χ0n) is 12.0. The minimum Gasteiger partial charge on any atom is -0.489 e. The van der Waals surface area contributed by atoms with Crippen molar-refractivity contribution >= 4 is 12.6 Å². The van der Waals surface area contributed by atoms with E-state index in [0.29, 0.717) is 6.10 Å². The van der Waals surface area contributed by atoms with E-state index < -0.39 is 0 Å². The molecule has 102 valence electrons. The maximum atomic E-state index is 6.01. The molecule has 0 bridgehead atoms. The summed E-state index contributed by atoms with van der Waals surface area (Å²) in [4.78, 5) is 4.22. The Hall–Kier alpha value is -1.07. The lowest BCUT2D eigenvalue weighted by Crippen LogP contribution is -2.41. The van der Waals surface area contributed by atoms with Gasteiger partial charge in [-0.1, -0.05) is 0 Å². The highest BCUT2D eigenvalue weighted by Crippen LogP contribution is 2.36. The molecule has 1 aliphatic carbocycles. The van der Waals surface area contributed by atoms with Crippen LogP contribution >= 0.6 is 0 Å². The Balaban J connectivity index is 1.79. The van der Waals surface area contributed by atoms with E-state index in [1.807, 2.05) is 33.8 Å². The molecule has 5 heteroatoms. The molecular formula is C14H20BNO3. The van der Waals surface area contributed by atoms with Crippen molar-refractivity contribution in [1.82, 2.24) is 4.98 Å². The van der Waals surface area contributed by atoms with E-state index in [2.05, 4.69) is 4.98 Å². The summed E-state index contributed by atoms with van der Waals surface area (Å²) in [6.07, 6.45) is 6.17. The molecule has 2 heterocycles. The van der Waals surface area contributed by atoms with Crippen molar-refractivity contribution in [3.63, 3.8) is 0 Å². The molecule has 4 nitrogen and oxygen atoms in total. The fourth-order valence-corrected chi connectivity index (χ4v) is 1.99. The van der Waals surface area contributed by atoms with Crippen LogP contribution in [0.3, 0.4) is 0 Å². The van der Waals surface area contributed by atoms with Crippen LogP contribution in [0.15, 0.2) is 18.5 Å². The highest BCUT2D eigenvalue weighted by Gasteiger charge is 2.51. The van der Waals surface area contributed by atoms with Crippen LogP contribution < -0.4 is 10.2 Å². The second-order valence-corrected chi connectivity index (χ2v) is 6.36. The summed E-state index contributed by atoms with van der Waals surface area (Å²) in [6.45, 7) is 8.19. The Kier molecular flexibility index (Phi) is 2.87. The number of ether oxygens (including phenoxy) is 1. The quantitative estimate of drug-likeness (QED) is 0.779.